The van der Waals surface area contributed by atoms with Gasteiger partial charge >= 0.3 is 0 Å². The van der Waals surface area contributed by atoms with Crippen molar-refractivity contribution in [3.8, 4) is 17.1 Å². The Morgan fingerprint density at radius 1 is 0.319 bits per heavy atom. The second-order valence-electron chi connectivity index (χ2n) is 12.7. The van der Waals surface area contributed by atoms with E-state index in [-0.39, 0.29) is 0 Å². The molecule has 0 aliphatic rings. The lowest BCUT2D eigenvalue weighted by Crippen LogP contribution is -2.01. The van der Waals surface area contributed by atoms with Crippen molar-refractivity contribution in [3.63, 3.8) is 0 Å². The SMILES string of the molecule is Cc1ccc2c3ccc4c5cccc(C)c5n(-c5ccccc5)c4c3n(-c3cccc(-n4c5ccccc5c5ccccc54)c3)c2c1. The first-order chi connectivity index (χ1) is 23.2. The largest absolute Gasteiger partial charge is 0.309 e. The zero-order valence-electron chi connectivity index (χ0n) is 26.3. The molecule has 0 fully saturated rings. The van der Waals surface area contributed by atoms with Crippen LogP contribution in [-0.2, 0) is 0 Å². The van der Waals surface area contributed by atoms with Gasteiger partial charge in [0.15, 0.2) is 0 Å². The van der Waals surface area contributed by atoms with Crippen molar-refractivity contribution in [2.24, 2.45) is 0 Å². The Labute approximate surface area is 272 Å². The summed E-state index contributed by atoms with van der Waals surface area (Å²) < 4.78 is 7.40. The predicted octanol–water partition coefficient (Wildman–Crippen LogP) is 11.6. The number of nitrogens with zero attached hydrogens (tertiary/aromatic N) is 3. The highest BCUT2D eigenvalue weighted by atomic mass is 15.1. The van der Waals surface area contributed by atoms with E-state index in [4.69, 9.17) is 0 Å². The highest BCUT2D eigenvalue weighted by Gasteiger charge is 2.22. The monoisotopic (exact) mass is 601 g/mol. The van der Waals surface area contributed by atoms with Crippen molar-refractivity contribution in [1.29, 1.82) is 0 Å². The summed E-state index contributed by atoms with van der Waals surface area (Å²) in [6.07, 6.45) is 0. The summed E-state index contributed by atoms with van der Waals surface area (Å²) in [7, 11) is 0. The topological polar surface area (TPSA) is 14.8 Å². The number of aryl methyl sites for hydroxylation is 2. The minimum Gasteiger partial charge on any atom is -0.309 e. The van der Waals surface area contributed by atoms with Crippen molar-refractivity contribution >= 4 is 65.4 Å². The minimum atomic E-state index is 1.14. The van der Waals surface area contributed by atoms with Gasteiger partial charge in [-0.3, -0.25) is 0 Å². The molecule has 0 bridgehead atoms. The van der Waals surface area contributed by atoms with E-state index in [0.717, 1.165) is 11.4 Å². The summed E-state index contributed by atoms with van der Waals surface area (Å²) >= 11 is 0. The highest BCUT2D eigenvalue weighted by molar-refractivity contribution is 6.24. The molecule has 3 aromatic heterocycles. The van der Waals surface area contributed by atoms with Gasteiger partial charge in [-0.2, -0.15) is 0 Å². The van der Waals surface area contributed by atoms with Crippen LogP contribution in [0.4, 0.5) is 0 Å². The molecule has 0 atom stereocenters. The van der Waals surface area contributed by atoms with Gasteiger partial charge in [0.05, 0.1) is 33.1 Å². The molecule has 47 heavy (non-hydrogen) atoms. The van der Waals surface area contributed by atoms with Gasteiger partial charge in [-0.25, -0.2) is 0 Å². The van der Waals surface area contributed by atoms with Gasteiger partial charge in [-0.1, -0.05) is 103 Å². The molecule has 0 radical (unpaired) electrons. The van der Waals surface area contributed by atoms with Crippen LogP contribution in [0.1, 0.15) is 11.1 Å². The molecule has 0 saturated carbocycles. The van der Waals surface area contributed by atoms with Crippen molar-refractivity contribution in [2.45, 2.75) is 13.8 Å². The summed E-state index contributed by atoms with van der Waals surface area (Å²) in [5, 5.41) is 7.59. The van der Waals surface area contributed by atoms with E-state index in [1.807, 2.05) is 0 Å². The molecule has 0 unspecified atom stereocenters. The lowest BCUT2D eigenvalue weighted by atomic mass is 10.1. The summed E-state index contributed by atoms with van der Waals surface area (Å²) in [6, 6.07) is 55.6. The van der Waals surface area contributed by atoms with Gasteiger partial charge in [0.2, 0.25) is 0 Å². The third kappa shape index (κ3) is 3.62. The predicted molar refractivity (Wildman–Crippen MR) is 199 cm³/mol. The molecule has 0 saturated heterocycles. The first-order valence-corrected chi connectivity index (χ1v) is 16.3. The lowest BCUT2D eigenvalue weighted by Gasteiger charge is -2.15. The molecule has 222 valence electrons. The minimum absolute atomic E-state index is 1.14. The Balaban J connectivity index is 1.38. The first kappa shape index (κ1) is 26.2. The van der Waals surface area contributed by atoms with E-state index in [9.17, 15) is 0 Å². The fraction of sp³-hybridized carbons (Fsp3) is 0.0455. The van der Waals surface area contributed by atoms with Gasteiger partial charge in [0.1, 0.15) is 0 Å². The standard InChI is InChI=1S/C44H31N3/c1-28-22-23-35-37-24-25-38-36-19-10-12-29(2)42(36)47(30-13-4-3-5-14-30)44(38)43(37)46(41(35)26-28)32-16-11-15-31(27-32)45-39-20-8-6-17-33(39)34-18-7-9-21-40(34)45/h3-27H,1-2H3. The van der Waals surface area contributed by atoms with Gasteiger partial charge < -0.3 is 13.7 Å². The maximum absolute atomic E-state index is 2.50. The molecule has 10 rings (SSSR count). The highest BCUT2D eigenvalue weighted by Crippen LogP contribution is 2.43. The molecule has 3 heteroatoms. The summed E-state index contributed by atoms with van der Waals surface area (Å²) in [6.45, 7) is 4.42. The van der Waals surface area contributed by atoms with Crippen LogP contribution in [0.3, 0.4) is 0 Å². The second-order valence-corrected chi connectivity index (χ2v) is 12.7. The molecule has 0 aliphatic carbocycles. The Morgan fingerprint density at radius 2 is 0.830 bits per heavy atom. The quantitative estimate of drug-likeness (QED) is 0.191. The average molecular weight is 602 g/mol. The van der Waals surface area contributed by atoms with Crippen molar-refractivity contribution in [1.82, 2.24) is 13.7 Å². The Kier molecular flexibility index (Phi) is 5.41. The van der Waals surface area contributed by atoms with Gasteiger partial charge in [0, 0.05) is 49.4 Å². The maximum Gasteiger partial charge on any atom is 0.0789 e. The van der Waals surface area contributed by atoms with Gasteiger partial charge in [0.25, 0.3) is 0 Å². The van der Waals surface area contributed by atoms with Gasteiger partial charge in [-0.05, 0) is 73.5 Å². The molecule has 0 spiro atoms. The zero-order valence-corrected chi connectivity index (χ0v) is 26.3. The van der Waals surface area contributed by atoms with Crippen LogP contribution in [-0.4, -0.2) is 13.7 Å². The van der Waals surface area contributed by atoms with Gasteiger partial charge in [-0.15, -0.1) is 0 Å². The summed E-state index contributed by atoms with van der Waals surface area (Å²) in [5.41, 5.74) is 13.3. The smallest absolute Gasteiger partial charge is 0.0789 e. The van der Waals surface area contributed by atoms with Crippen molar-refractivity contribution in [3.05, 3.63) is 163 Å². The normalized spacial score (nSPS) is 12.0. The van der Waals surface area contributed by atoms with Crippen LogP contribution in [0.5, 0.6) is 0 Å². The molecular weight excluding hydrogens is 571 g/mol. The van der Waals surface area contributed by atoms with E-state index in [2.05, 4.69) is 179 Å². The number of hydrogen-bond donors (Lipinski definition) is 0. The number of aromatic nitrogens is 3. The summed E-state index contributed by atoms with van der Waals surface area (Å²) in [5.74, 6) is 0. The van der Waals surface area contributed by atoms with E-state index < -0.39 is 0 Å². The second kappa shape index (κ2) is 9.72. The third-order valence-corrected chi connectivity index (χ3v) is 9.97. The Hall–Kier alpha value is -6.06. The van der Waals surface area contributed by atoms with Crippen LogP contribution in [0, 0.1) is 13.8 Å². The van der Waals surface area contributed by atoms with E-state index in [1.54, 1.807) is 0 Å². The number of benzene rings is 7. The molecular formula is C44H31N3. The molecule has 3 heterocycles. The number of rotatable bonds is 3. The van der Waals surface area contributed by atoms with E-state index in [1.165, 1.54) is 82.2 Å². The molecule has 7 aromatic carbocycles. The van der Waals surface area contributed by atoms with E-state index >= 15 is 0 Å². The number of fused-ring (bicyclic) bond motifs is 10. The molecule has 0 amide bonds. The lowest BCUT2D eigenvalue weighted by molar-refractivity contribution is 1.12. The summed E-state index contributed by atoms with van der Waals surface area (Å²) in [4.78, 5) is 0. The van der Waals surface area contributed by atoms with Crippen molar-refractivity contribution < 1.29 is 0 Å². The van der Waals surface area contributed by atoms with Crippen LogP contribution in [0.15, 0.2) is 152 Å². The van der Waals surface area contributed by atoms with E-state index in [0.29, 0.717) is 0 Å². The fourth-order valence-corrected chi connectivity index (χ4v) is 8.00. The van der Waals surface area contributed by atoms with Crippen LogP contribution in [0.2, 0.25) is 0 Å². The maximum atomic E-state index is 2.50. The average Bonchev–Trinajstić information content (AvgIpc) is 3.75. The molecule has 10 aromatic rings. The Bertz CT molecular complexity index is 2810. The third-order valence-electron chi connectivity index (χ3n) is 9.97. The van der Waals surface area contributed by atoms with Crippen molar-refractivity contribution in [2.75, 3.05) is 0 Å². The zero-order chi connectivity index (χ0) is 31.2. The van der Waals surface area contributed by atoms with Crippen LogP contribution < -0.4 is 0 Å². The van der Waals surface area contributed by atoms with Crippen LogP contribution in [0.25, 0.3) is 82.5 Å². The number of para-hydroxylation sites is 4. The number of hydrogen-bond acceptors (Lipinski definition) is 0. The first-order valence-electron chi connectivity index (χ1n) is 16.3. The molecule has 0 N–H and O–H groups in total. The fourth-order valence-electron chi connectivity index (χ4n) is 8.00. The van der Waals surface area contributed by atoms with Crippen LogP contribution >= 0.6 is 0 Å². The molecule has 0 aliphatic heterocycles. The molecule has 3 nitrogen and oxygen atoms in total. The Morgan fingerprint density at radius 3 is 1.57 bits per heavy atom.